The van der Waals surface area contributed by atoms with E-state index in [4.69, 9.17) is 11.6 Å². The Morgan fingerprint density at radius 3 is 2.83 bits per heavy atom. The standard InChI is InChI=1S/C7H5ClNO2.Rf/c1-11-7(10)5-2-3-6(8)9-4-5;/h3-4H,1H3;/q-1;. The molecule has 0 aliphatic carbocycles. The van der Waals surface area contributed by atoms with Crippen LogP contribution in [0.4, 0.5) is 0 Å². The van der Waals surface area contributed by atoms with Gasteiger partial charge in [-0.05, 0) is 5.56 Å². The molecule has 0 amide bonds. The molecule has 12 heavy (non-hydrogen) atoms. The van der Waals surface area contributed by atoms with Gasteiger partial charge in [-0.15, -0.1) is 23.7 Å². The number of esters is 1. The first-order valence-corrected chi connectivity index (χ1v) is 3.23. The molecule has 0 fully saturated rings. The molecule has 3 nitrogen and oxygen atoms in total. The Morgan fingerprint density at radius 1 is 1.75 bits per heavy atom. The number of methoxy groups -OCH3 is 1. The molecule has 1 aromatic rings. The van der Waals surface area contributed by atoms with Crippen LogP contribution in [-0.2, 0) is 4.74 Å². The number of pyridine rings is 1. The van der Waals surface area contributed by atoms with Gasteiger partial charge >= 0.3 is 0 Å². The van der Waals surface area contributed by atoms with Gasteiger partial charge in [0.1, 0.15) is 0 Å². The van der Waals surface area contributed by atoms with Crippen LogP contribution in [0.3, 0.4) is 0 Å². The molecule has 1 aromatic heterocycles. The largest absolute Gasteiger partial charge is 0.509 e. The molecule has 0 saturated carbocycles. The number of carbonyl (C=O) groups is 1. The number of nitrogens with zero attached hydrogens (tertiary/aromatic N) is 1. The molecule has 0 radical (unpaired) electrons. The van der Waals surface area contributed by atoms with Crippen LogP contribution < -0.4 is 0 Å². The van der Waals surface area contributed by atoms with Crippen LogP contribution in [0.5, 0.6) is 0 Å². The number of hydrogen-bond donors (Lipinski definition) is 0. The molecule has 0 atom stereocenters. The summed E-state index contributed by atoms with van der Waals surface area (Å²) in [6.07, 6.45) is 1.31. The van der Waals surface area contributed by atoms with Gasteiger partial charge in [-0.25, -0.2) is 0 Å². The summed E-state index contributed by atoms with van der Waals surface area (Å²) in [6, 6.07) is 4.03. The van der Waals surface area contributed by atoms with Gasteiger partial charge in [0.15, 0.2) is 0 Å². The number of carbonyl (C=O) groups excluding carboxylic acids is 1. The van der Waals surface area contributed by atoms with Gasteiger partial charge in [-0.2, -0.15) is 0 Å². The molecule has 1 rings (SSSR count). The average Bonchev–Trinajstić information content (AvgIpc) is 2.05. The van der Waals surface area contributed by atoms with Crippen molar-refractivity contribution in [1.29, 1.82) is 0 Å². The maximum absolute atomic E-state index is 10.8. The summed E-state index contributed by atoms with van der Waals surface area (Å²) in [5, 5.41) is 0.303. The molecule has 0 bridgehead atoms. The van der Waals surface area contributed by atoms with Crippen molar-refractivity contribution in [2.45, 2.75) is 0 Å². The van der Waals surface area contributed by atoms with Crippen molar-refractivity contribution in [2.75, 3.05) is 7.11 Å². The number of rotatable bonds is 1. The van der Waals surface area contributed by atoms with E-state index in [1.165, 1.54) is 19.4 Å². The van der Waals surface area contributed by atoms with Crippen molar-refractivity contribution in [3.8, 4) is 0 Å². The van der Waals surface area contributed by atoms with Crippen molar-refractivity contribution in [1.82, 2.24) is 4.98 Å². The fourth-order valence-corrected chi connectivity index (χ4v) is 0.663. The molecule has 60 valence electrons. The Balaban J connectivity index is 0.00000121. The third kappa shape index (κ3) is 1.95. The molecule has 0 saturated heterocycles. The SMILES string of the molecule is COC(=O)c1[c-]cc(Cl)nc1.[Rf]. The average molecular weight is 438 g/mol. The minimum atomic E-state index is -0.464. The monoisotopic (exact) mass is 437 g/mol. The predicted octanol–water partition coefficient (Wildman–Crippen LogP) is 1.32. The Labute approximate surface area is 69.0 Å². The van der Waals surface area contributed by atoms with E-state index in [1.54, 1.807) is 0 Å². The van der Waals surface area contributed by atoms with Crippen molar-refractivity contribution >= 4 is 17.6 Å². The van der Waals surface area contributed by atoms with Gasteiger partial charge in [0.25, 0.3) is 5.97 Å². The third-order valence-electron chi connectivity index (χ3n) is 1.07. The van der Waals surface area contributed by atoms with Crippen LogP contribution in [0.1, 0.15) is 10.4 Å². The van der Waals surface area contributed by atoms with Gasteiger partial charge in [0, 0.05) is 5.15 Å². The first-order valence-electron chi connectivity index (χ1n) is 2.85. The summed E-state index contributed by atoms with van der Waals surface area (Å²) >= 11 is 5.47. The zero-order chi connectivity index (χ0) is 8.27. The van der Waals surface area contributed by atoms with Crippen molar-refractivity contribution in [2.24, 2.45) is 0 Å². The summed E-state index contributed by atoms with van der Waals surface area (Å²) < 4.78 is 4.42. The Kier molecular flexibility index (Phi) is 3.25. The summed E-state index contributed by atoms with van der Waals surface area (Å²) in [5.41, 5.74) is 0.275. The molecule has 5 heteroatoms. The molecule has 1 heterocycles. The van der Waals surface area contributed by atoms with E-state index in [9.17, 15) is 4.79 Å². The molecule has 0 spiro atoms. The molecule has 0 N–H and O–H groups in total. The number of hydrogen-bond acceptors (Lipinski definition) is 3. The van der Waals surface area contributed by atoms with Gasteiger partial charge in [-0.1, -0.05) is 6.20 Å². The van der Waals surface area contributed by atoms with E-state index in [-0.39, 0.29) is 5.56 Å². The Hall–Kier alpha value is -2.09. The molecule has 0 aliphatic rings. The smallest absolute Gasteiger partial charge is 0.251 e. The first kappa shape index (κ1) is 9.91. The van der Waals surface area contributed by atoms with Crippen LogP contribution >= 0.6 is 11.6 Å². The maximum atomic E-state index is 10.8. The number of ether oxygens (including phenoxy) is 1. The second-order valence-electron chi connectivity index (χ2n) is 1.77. The molecule has 0 aliphatic heterocycles. The normalized spacial score (nSPS) is 8.50. The van der Waals surface area contributed by atoms with Gasteiger partial charge in [0.05, 0.1) is 7.11 Å². The van der Waals surface area contributed by atoms with Crippen LogP contribution in [0.2, 0.25) is 5.15 Å². The molecule has 0 unspecified atom stereocenters. The van der Waals surface area contributed by atoms with Crippen LogP contribution in [0.15, 0.2) is 12.3 Å². The van der Waals surface area contributed by atoms with Crippen molar-refractivity contribution < 1.29 is 9.53 Å². The van der Waals surface area contributed by atoms with Crippen molar-refractivity contribution in [3.63, 3.8) is 0 Å². The van der Waals surface area contributed by atoms with E-state index in [0.29, 0.717) is 5.15 Å². The van der Waals surface area contributed by atoms with E-state index >= 15 is 0 Å². The quantitative estimate of drug-likeness (QED) is 0.378. The fourth-order valence-electron chi connectivity index (χ4n) is 0.560. The minimum absolute atomic E-state index is 0. The van der Waals surface area contributed by atoms with E-state index in [2.05, 4.69) is 15.8 Å². The van der Waals surface area contributed by atoms with Crippen LogP contribution in [-0.4, -0.2) is 18.1 Å². The zero-order valence-electron chi connectivity index (χ0n) is 6.50. The number of aromatic nitrogens is 1. The summed E-state index contributed by atoms with van der Waals surface area (Å²) in [6.45, 7) is 0. The molecular formula is C7H5ClNO2Rf-. The summed E-state index contributed by atoms with van der Waals surface area (Å²) in [7, 11) is 1.30. The Bertz CT molecular complexity index is 263. The van der Waals surface area contributed by atoms with Gasteiger partial charge in [0.2, 0.25) is 0 Å². The summed E-state index contributed by atoms with van der Waals surface area (Å²) in [5.74, 6) is -0.464. The topological polar surface area (TPSA) is 39.2 Å². The van der Waals surface area contributed by atoms with E-state index < -0.39 is 5.97 Å². The van der Waals surface area contributed by atoms with Gasteiger partial charge in [-0.3, -0.25) is 0 Å². The maximum Gasteiger partial charge on any atom is 0.251 e. The predicted molar refractivity (Wildman–Crippen MR) is 39.4 cm³/mol. The van der Waals surface area contributed by atoms with E-state index in [0.717, 1.165) is 0 Å². The fraction of sp³-hybridized carbons (Fsp3) is 0.143. The number of halogens is 1. The molecule has 0 aromatic carbocycles. The first-order chi connectivity index (χ1) is 5.24. The van der Waals surface area contributed by atoms with Crippen LogP contribution in [0, 0.1) is 6.07 Å². The Morgan fingerprint density at radius 2 is 2.42 bits per heavy atom. The third-order valence-corrected chi connectivity index (χ3v) is 1.28. The van der Waals surface area contributed by atoms with E-state index in [1.807, 2.05) is 0 Å². The van der Waals surface area contributed by atoms with Crippen molar-refractivity contribution in [3.05, 3.63) is 29.0 Å². The van der Waals surface area contributed by atoms with Crippen LogP contribution in [0.25, 0.3) is 0 Å². The molecular weight excluding hydrogens is 433 g/mol. The summed E-state index contributed by atoms with van der Waals surface area (Å²) in [4.78, 5) is 14.5. The zero-order valence-corrected chi connectivity index (χ0v) is 13.7. The minimum Gasteiger partial charge on any atom is -0.509 e. The van der Waals surface area contributed by atoms with Gasteiger partial charge < -0.3 is 14.5 Å². The second-order valence-corrected chi connectivity index (χ2v) is 2.16. The second kappa shape index (κ2) is 3.93.